The highest BCUT2D eigenvalue weighted by molar-refractivity contribution is 5.78. The van der Waals surface area contributed by atoms with Gasteiger partial charge in [0.25, 0.3) is 0 Å². The largest absolute Gasteiger partial charge is 0.494 e. The normalized spacial score (nSPS) is 17.6. The molecule has 6 nitrogen and oxygen atoms in total. The number of hydrogen-bond donors (Lipinski definition) is 0. The molecule has 0 radical (unpaired) electrons. The molecule has 0 unspecified atom stereocenters. The molecule has 0 spiro atoms. The molecule has 6 heteroatoms. The lowest BCUT2D eigenvalue weighted by Gasteiger charge is -2.28. The Balaban J connectivity index is 1.65. The smallest absolute Gasteiger partial charge is 0.225 e. The predicted molar refractivity (Wildman–Crippen MR) is 118 cm³/mol. The number of benzene rings is 1. The number of carbonyl (C=O) groups excluding carboxylic acids is 1. The zero-order valence-electron chi connectivity index (χ0n) is 18.6. The second-order valence-electron chi connectivity index (χ2n) is 8.60. The standard InChI is InChI=1S/C24H34N4O2/c1-4-27-15-14-21-19(16-27)20(17-26(2)24(29)18-10-6-5-7-11-18)25-28(21)22-12-8-9-13-23(22)30-3/h8-9,12-13,18H,4-7,10-11,14-17H2,1-3H3. The maximum Gasteiger partial charge on any atom is 0.225 e. The third kappa shape index (κ3) is 4.10. The van der Waals surface area contributed by atoms with Gasteiger partial charge in [-0.1, -0.05) is 38.3 Å². The molecule has 0 saturated heterocycles. The number of methoxy groups -OCH3 is 1. The van der Waals surface area contributed by atoms with Crippen LogP contribution in [0.4, 0.5) is 0 Å². The van der Waals surface area contributed by atoms with Crippen molar-refractivity contribution in [3.8, 4) is 11.4 Å². The third-order valence-electron chi connectivity index (χ3n) is 6.70. The van der Waals surface area contributed by atoms with Gasteiger partial charge >= 0.3 is 0 Å². The summed E-state index contributed by atoms with van der Waals surface area (Å²) in [4.78, 5) is 17.4. The van der Waals surface area contributed by atoms with Gasteiger partial charge in [0.2, 0.25) is 5.91 Å². The number of aromatic nitrogens is 2. The summed E-state index contributed by atoms with van der Waals surface area (Å²) in [6.07, 6.45) is 6.62. The summed E-state index contributed by atoms with van der Waals surface area (Å²) in [5, 5.41) is 5.02. The quantitative estimate of drug-likeness (QED) is 0.727. The van der Waals surface area contributed by atoms with Gasteiger partial charge in [-0.25, -0.2) is 4.68 Å². The molecule has 1 saturated carbocycles. The van der Waals surface area contributed by atoms with E-state index in [1.165, 1.54) is 30.5 Å². The van der Waals surface area contributed by atoms with Gasteiger partial charge in [0.1, 0.15) is 11.4 Å². The minimum atomic E-state index is 0.183. The van der Waals surface area contributed by atoms with Gasteiger partial charge in [-0.3, -0.25) is 9.69 Å². The first-order chi connectivity index (χ1) is 14.6. The average Bonchev–Trinajstić information content (AvgIpc) is 3.16. The van der Waals surface area contributed by atoms with Gasteiger partial charge in [0.05, 0.1) is 25.0 Å². The molecule has 0 N–H and O–H groups in total. The van der Waals surface area contributed by atoms with Crippen molar-refractivity contribution in [1.82, 2.24) is 19.6 Å². The highest BCUT2D eigenvalue weighted by Crippen LogP contribution is 2.31. The van der Waals surface area contributed by atoms with E-state index in [1.54, 1.807) is 7.11 Å². The Morgan fingerprint density at radius 1 is 1.23 bits per heavy atom. The third-order valence-corrected chi connectivity index (χ3v) is 6.70. The van der Waals surface area contributed by atoms with E-state index in [1.807, 2.05) is 30.1 Å². The highest BCUT2D eigenvalue weighted by Gasteiger charge is 2.29. The SMILES string of the molecule is CCN1CCc2c(c(CN(C)C(=O)C3CCCCC3)nn2-c2ccccc2OC)C1. The molecule has 1 aliphatic heterocycles. The van der Waals surface area contributed by atoms with Crippen LogP contribution >= 0.6 is 0 Å². The zero-order valence-corrected chi connectivity index (χ0v) is 18.6. The molecule has 2 aliphatic rings. The number of para-hydroxylation sites is 2. The van der Waals surface area contributed by atoms with Crippen molar-refractivity contribution in [3.63, 3.8) is 0 Å². The van der Waals surface area contributed by atoms with E-state index < -0.39 is 0 Å². The van der Waals surface area contributed by atoms with E-state index in [9.17, 15) is 4.79 Å². The summed E-state index contributed by atoms with van der Waals surface area (Å²) >= 11 is 0. The molecule has 2 aromatic rings. The summed E-state index contributed by atoms with van der Waals surface area (Å²) in [6.45, 7) is 5.71. The minimum Gasteiger partial charge on any atom is -0.494 e. The molecule has 0 bridgehead atoms. The molecule has 162 valence electrons. The van der Waals surface area contributed by atoms with E-state index in [0.29, 0.717) is 6.54 Å². The molecule has 1 amide bonds. The van der Waals surface area contributed by atoms with Gasteiger partial charge in [-0.15, -0.1) is 0 Å². The van der Waals surface area contributed by atoms with E-state index in [0.717, 1.165) is 56.0 Å². The lowest BCUT2D eigenvalue weighted by Crippen LogP contribution is -2.35. The van der Waals surface area contributed by atoms with E-state index in [4.69, 9.17) is 9.84 Å². The summed E-state index contributed by atoms with van der Waals surface area (Å²) in [5.41, 5.74) is 4.50. The number of hydrogen-bond acceptors (Lipinski definition) is 4. The fraction of sp³-hybridized carbons (Fsp3) is 0.583. The highest BCUT2D eigenvalue weighted by atomic mass is 16.5. The maximum absolute atomic E-state index is 13.0. The van der Waals surface area contributed by atoms with Crippen LogP contribution in [0.1, 0.15) is 56.0 Å². The molecule has 1 fully saturated rings. The zero-order chi connectivity index (χ0) is 21.1. The molecular weight excluding hydrogens is 376 g/mol. The number of nitrogens with zero attached hydrogens (tertiary/aromatic N) is 4. The van der Waals surface area contributed by atoms with Crippen molar-refractivity contribution in [2.45, 2.75) is 58.5 Å². The number of fused-ring (bicyclic) bond motifs is 1. The Kier molecular flexibility index (Phi) is 6.42. The average molecular weight is 411 g/mol. The van der Waals surface area contributed by atoms with Crippen molar-refractivity contribution in [3.05, 3.63) is 41.2 Å². The van der Waals surface area contributed by atoms with Crippen molar-refractivity contribution in [2.75, 3.05) is 27.2 Å². The van der Waals surface area contributed by atoms with Crippen LogP contribution in [0.25, 0.3) is 5.69 Å². The molecule has 1 aromatic carbocycles. The monoisotopic (exact) mass is 410 g/mol. The summed E-state index contributed by atoms with van der Waals surface area (Å²) in [7, 11) is 3.64. The van der Waals surface area contributed by atoms with Gasteiger partial charge in [-0.05, 0) is 31.5 Å². The summed E-state index contributed by atoms with van der Waals surface area (Å²) in [5.74, 6) is 1.28. The Morgan fingerprint density at radius 3 is 2.73 bits per heavy atom. The van der Waals surface area contributed by atoms with Crippen molar-refractivity contribution >= 4 is 5.91 Å². The number of ether oxygens (including phenoxy) is 1. The lowest BCUT2D eigenvalue weighted by molar-refractivity contribution is -0.135. The second-order valence-corrected chi connectivity index (χ2v) is 8.60. The van der Waals surface area contributed by atoms with Crippen LogP contribution < -0.4 is 4.74 Å². The Bertz CT molecular complexity index is 885. The fourth-order valence-corrected chi connectivity index (χ4v) is 4.91. The Morgan fingerprint density at radius 2 is 2.00 bits per heavy atom. The Labute approximate surface area is 179 Å². The fourth-order valence-electron chi connectivity index (χ4n) is 4.91. The molecule has 30 heavy (non-hydrogen) atoms. The predicted octanol–water partition coefficient (Wildman–Crippen LogP) is 3.80. The molecule has 1 aliphatic carbocycles. The van der Waals surface area contributed by atoms with Crippen LogP contribution in [0, 0.1) is 5.92 Å². The van der Waals surface area contributed by atoms with Crippen LogP contribution in [0.3, 0.4) is 0 Å². The lowest BCUT2D eigenvalue weighted by atomic mass is 9.88. The van der Waals surface area contributed by atoms with E-state index in [-0.39, 0.29) is 11.8 Å². The topological polar surface area (TPSA) is 50.6 Å². The summed E-state index contributed by atoms with van der Waals surface area (Å²) < 4.78 is 7.66. The first kappa shape index (κ1) is 20.9. The number of carbonyl (C=O) groups is 1. The van der Waals surface area contributed by atoms with E-state index >= 15 is 0 Å². The first-order valence-electron chi connectivity index (χ1n) is 11.3. The van der Waals surface area contributed by atoms with Crippen molar-refractivity contribution in [2.24, 2.45) is 5.92 Å². The Hall–Kier alpha value is -2.34. The second kappa shape index (κ2) is 9.21. The number of likely N-dealkylation sites (N-methyl/N-ethyl adjacent to an activating group) is 1. The van der Waals surface area contributed by atoms with Crippen LogP contribution in [0.2, 0.25) is 0 Å². The van der Waals surface area contributed by atoms with Gasteiger partial charge < -0.3 is 9.64 Å². The summed E-state index contributed by atoms with van der Waals surface area (Å²) in [6, 6.07) is 8.03. The van der Waals surface area contributed by atoms with Crippen LogP contribution in [-0.4, -0.2) is 52.7 Å². The minimum absolute atomic E-state index is 0.183. The maximum atomic E-state index is 13.0. The molecule has 1 aromatic heterocycles. The molecule has 0 atom stereocenters. The van der Waals surface area contributed by atoms with Gasteiger partial charge in [-0.2, -0.15) is 5.10 Å². The molecule has 2 heterocycles. The van der Waals surface area contributed by atoms with Crippen molar-refractivity contribution in [1.29, 1.82) is 0 Å². The number of amides is 1. The van der Waals surface area contributed by atoms with E-state index in [2.05, 4.69) is 22.6 Å². The van der Waals surface area contributed by atoms with Crippen LogP contribution in [-0.2, 0) is 24.3 Å². The van der Waals surface area contributed by atoms with Crippen LogP contribution in [0.15, 0.2) is 24.3 Å². The van der Waals surface area contributed by atoms with Gasteiger partial charge in [0.15, 0.2) is 0 Å². The molecular formula is C24H34N4O2. The first-order valence-corrected chi connectivity index (χ1v) is 11.3. The number of rotatable bonds is 6. The van der Waals surface area contributed by atoms with Crippen molar-refractivity contribution < 1.29 is 9.53 Å². The van der Waals surface area contributed by atoms with Gasteiger partial charge in [0, 0.05) is 38.0 Å². The molecule has 4 rings (SSSR count). The van der Waals surface area contributed by atoms with Crippen LogP contribution in [0.5, 0.6) is 5.75 Å².